The summed E-state index contributed by atoms with van der Waals surface area (Å²) in [5.41, 5.74) is 2.65. The van der Waals surface area contributed by atoms with Crippen molar-refractivity contribution < 1.29 is 14.7 Å². The first-order chi connectivity index (χ1) is 11.7. The molecule has 1 N–H and O–H groups in total. The van der Waals surface area contributed by atoms with E-state index in [1.807, 2.05) is 55.1 Å². The third-order valence-electron chi connectivity index (χ3n) is 3.88. The highest BCUT2D eigenvalue weighted by Crippen LogP contribution is 2.26. The zero-order valence-corrected chi connectivity index (χ0v) is 13.9. The van der Waals surface area contributed by atoms with Gasteiger partial charge in [-0.25, -0.2) is 4.98 Å². The van der Waals surface area contributed by atoms with Crippen molar-refractivity contribution in [1.82, 2.24) is 9.88 Å². The number of aryl methyl sites for hydroxylation is 2. The Labute approximate surface area is 141 Å². The Morgan fingerprint density at radius 1 is 1.12 bits per heavy atom. The van der Waals surface area contributed by atoms with Crippen molar-refractivity contribution in [2.24, 2.45) is 5.16 Å². The van der Waals surface area contributed by atoms with E-state index in [0.29, 0.717) is 49.3 Å². The molecule has 0 unspecified atom stereocenters. The fourth-order valence-electron chi connectivity index (χ4n) is 2.56. The van der Waals surface area contributed by atoms with Crippen molar-refractivity contribution in [1.29, 1.82) is 0 Å². The van der Waals surface area contributed by atoms with Gasteiger partial charge in [-0.15, -0.1) is 0 Å². The molecule has 2 aromatic rings. The van der Waals surface area contributed by atoms with Crippen LogP contribution in [0.1, 0.15) is 16.8 Å². The van der Waals surface area contributed by atoms with Gasteiger partial charge in [-0.05, 0) is 38.1 Å². The molecule has 0 amide bonds. The van der Waals surface area contributed by atoms with Crippen molar-refractivity contribution in [2.75, 3.05) is 26.3 Å². The summed E-state index contributed by atoms with van der Waals surface area (Å²) in [6.07, 6.45) is 0. The van der Waals surface area contributed by atoms with Crippen molar-refractivity contribution in [3.05, 3.63) is 53.2 Å². The summed E-state index contributed by atoms with van der Waals surface area (Å²) in [6.45, 7) is 6.46. The van der Waals surface area contributed by atoms with Crippen LogP contribution in [0.2, 0.25) is 0 Å². The third kappa shape index (κ3) is 3.65. The minimum atomic E-state index is 0.429. The lowest BCUT2D eigenvalue weighted by molar-refractivity contribution is 0.0667. The quantitative estimate of drug-likeness (QED) is 0.406. The van der Waals surface area contributed by atoms with Crippen LogP contribution in [0.25, 0.3) is 0 Å². The zero-order valence-electron chi connectivity index (χ0n) is 13.9. The van der Waals surface area contributed by atoms with Crippen LogP contribution in [0.4, 0.5) is 0 Å². The van der Waals surface area contributed by atoms with Gasteiger partial charge in [0, 0.05) is 18.8 Å². The van der Waals surface area contributed by atoms with Gasteiger partial charge in [0.2, 0.25) is 5.88 Å². The number of benzene rings is 1. The van der Waals surface area contributed by atoms with E-state index in [9.17, 15) is 5.21 Å². The van der Waals surface area contributed by atoms with Crippen molar-refractivity contribution in [2.45, 2.75) is 13.8 Å². The second-order valence-electron chi connectivity index (χ2n) is 5.74. The summed E-state index contributed by atoms with van der Waals surface area (Å²) in [5.74, 6) is 1.57. The van der Waals surface area contributed by atoms with Crippen molar-refractivity contribution in [3.8, 4) is 11.6 Å². The van der Waals surface area contributed by atoms with Crippen LogP contribution in [0.15, 0.2) is 41.6 Å². The zero-order chi connectivity index (χ0) is 16.9. The highest BCUT2D eigenvalue weighted by atomic mass is 16.5. The van der Waals surface area contributed by atoms with Gasteiger partial charge in [0.15, 0.2) is 5.84 Å². The summed E-state index contributed by atoms with van der Waals surface area (Å²) < 4.78 is 11.3. The molecule has 0 atom stereocenters. The lowest BCUT2D eigenvalue weighted by Gasteiger charge is -2.29. The molecule has 1 aliphatic rings. The molecule has 0 saturated carbocycles. The molecule has 0 spiro atoms. The van der Waals surface area contributed by atoms with Crippen LogP contribution in [0.5, 0.6) is 11.6 Å². The van der Waals surface area contributed by atoms with Gasteiger partial charge < -0.3 is 19.6 Å². The minimum Gasteiger partial charge on any atom is -0.438 e. The predicted octanol–water partition coefficient (Wildman–Crippen LogP) is 2.96. The first-order valence-electron chi connectivity index (χ1n) is 7.94. The van der Waals surface area contributed by atoms with Crippen LogP contribution in [-0.4, -0.2) is 47.2 Å². The first-order valence-corrected chi connectivity index (χ1v) is 7.94. The van der Waals surface area contributed by atoms with E-state index in [4.69, 9.17) is 9.47 Å². The molecule has 24 heavy (non-hydrogen) atoms. The summed E-state index contributed by atoms with van der Waals surface area (Å²) in [5, 5.41) is 13.0. The molecule has 0 radical (unpaired) electrons. The smallest absolute Gasteiger partial charge is 0.230 e. The summed E-state index contributed by atoms with van der Waals surface area (Å²) in [7, 11) is 0. The van der Waals surface area contributed by atoms with E-state index in [0.717, 1.165) is 11.3 Å². The normalized spacial score (nSPS) is 15.4. The van der Waals surface area contributed by atoms with Gasteiger partial charge in [0.25, 0.3) is 0 Å². The Morgan fingerprint density at radius 3 is 2.50 bits per heavy atom. The maximum atomic E-state index is 9.55. The summed E-state index contributed by atoms with van der Waals surface area (Å²) in [6, 6.07) is 11.5. The Kier molecular flexibility index (Phi) is 4.96. The molecule has 1 saturated heterocycles. The molecular weight excluding hydrogens is 306 g/mol. The van der Waals surface area contributed by atoms with Gasteiger partial charge in [-0.2, -0.15) is 0 Å². The average molecular weight is 327 g/mol. The first kappa shape index (κ1) is 16.3. The molecule has 0 bridgehead atoms. The largest absolute Gasteiger partial charge is 0.438 e. The maximum Gasteiger partial charge on any atom is 0.230 e. The number of aromatic nitrogens is 1. The highest BCUT2D eigenvalue weighted by Gasteiger charge is 2.22. The molecular formula is C18H21N3O3. The Bertz CT molecular complexity index is 723. The van der Waals surface area contributed by atoms with Crippen LogP contribution in [0.3, 0.4) is 0 Å². The molecule has 6 nitrogen and oxygen atoms in total. The van der Waals surface area contributed by atoms with Gasteiger partial charge in [-0.1, -0.05) is 22.9 Å². The number of rotatable bonds is 3. The van der Waals surface area contributed by atoms with Gasteiger partial charge in [0.05, 0.1) is 18.8 Å². The molecule has 126 valence electrons. The minimum absolute atomic E-state index is 0.429. The second-order valence-corrected chi connectivity index (χ2v) is 5.74. The molecule has 1 fully saturated rings. The molecule has 0 aliphatic carbocycles. The van der Waals surface area contributed by atoms with Crippen LogP contribution < -0.4 is 4.74 Å². The Balaban J connectivity index is 1.93. The Morgan fingerprint density at radius 2 is 1.83 bits per heavy atom. The number of oxime groups is 1. The second kappa shape index (κ2) is 7.31. The van der Waals surface area contributed by atoms with E-state index in [2.05, 4.69) is 10.1 Å². The number of pyridine rings is 1. The number of nitrogens with zero attached hydrogens (tertiary/aromatic N) is 3. The number of amidine groups is 1. The van der Waals surface area contributed by atoms with E-state index in [1.54, 1.807) is 0 Å². The van der Waals surface area contributed by atoms with Gasteiger partial charge >= 0.3 is 0 Å². The number of hydrogen-bond donors (Lipinski definition) is 1. The standard InChI is InChI=1S/C18H21N3O3/c1-13-3-6-15(7-4-13)24-18-16(8-5-14(2)19-18)17(20-22)21-9-11-23-12-10-21/h3-8,22H,9-12H2,1-2H3/b20-17-. The molecule has 1 aromatic carbocycles. The lowest BCUT2D eigenvalue weighted by Crippen LogP contribution is -2.41. The highest BCUT2D eigenvalue weighted by molar-refractivity contribution is 6.00. The summed E-state index contributed by atoms with van der Waals surface area (Å²) >= 11 is 0. The summed E-state index contributed by atoms with van der Waals surface area (Å²) in [4.78, 5) is 6.45. The molecule has 3 rings (SSSR count). The number of morpholine rings is 1. The lowest BCUT2D eigenvalue weighted by atomic mass is 10.2. The van der Waals surface area contributed by atoms with Gasteiger partial charge in [0.1, 0.15) is 5.75 Å². The topological polar surface area (TPSA) is 67.2 Å². The maximum absolute atomic E-state index is 9.55. The monoisotopic (exact) mass is 327 g/mol. The molecule has 6 heteroatoms. The van der Waals surface area contributed by atoms with E-state index in [1.165, 1.54) is 0 Å². The van der Waals surface area contributed by atoms with Crippen molar-refractivity contribution >= 4 is 5.84 Å². The van der Waals surface area contributed by atoms with Crippen LogP contribution in [0, 0.1) is 13.8 Å². The molecule has 1 aliphatic heterocycles. The predicted molar refractivity (Wildman–Crippen MR) is 90.9 cm³/mol. The Hall–Kier alpha value is -2.60. The number of hydrogen-bond acceptors (Lipinski definition) is 5. The van der Waals surface area contributed by atoms with Crippen LogP contribution in [-0.2, 0) is 4.74 Å². The van der Waals surface area contributed by atoms with E-state index in [-0.39, 0.29) is 0 Å². The van der Waals surface area contributed by atoms with Gasteiger partial charge in [-0.3, -0.25) is 0 Å². The molecule has 2 heterocycles. The van der Waals surface area contributed by atoms with E-state index >= 15 is 0 Å². The van der Waals surface area contributed by atoms with Crippen molar-refractivity contribution in [3.63, 3.8) is 0 Å². The fraction of sp³-hybridized carbons (Fsp3) is 0.333. The number of ether oxygens (including phenoxy) is 2. The molecule has 1 aromatic heterocycles. The fourth-order valence-corrected chi connectivity index (χ4v) is 2.56. The van der Waals surface area contributed by atoms with E-state index < -0.39 is 0 Å². The SMILES string of the molecule is Cc1ccc(Oc2nc(C)ccc2/C(=N/O)N2CCOCC2)cc1. The third-order valence-corrected chi connectivity index (χ3v) is 3.88. The van der Waals surface area contributed by atoms with Crippen LogP contribution >= 0.6 is 0 Å². The average Bonchev–Trinajstić information content (AvgIpc) is 2.60.